The number of pyridine rings is 1. The molecule has 0 spiro atoms. The monoisotopic (exact) mass is 474 g/mol. The maximum Gasteiger partial charge on any atom is 0.295 e. The summed E-state index contributed by atoms with van der Waals surface area (Å²) in [5.41, 5.74) is 1.07. The molecule has 4 aromatic rings. The van der Waals surface area contributed by atoms with Crippen molar-refractivity contribution in [1.29, 1.82) is 0 Å². The van der Waals surface area contributed by atoms with Gasteiger partial charge in [0.15, 0.2) is 5.82 Å². The van der Waals surface area contributed by atoms with Crippen LogP contribution in [0.25, 0.3) is 16.7 Å². The Labute approximate surface area is 191 Å². The molecule has 1 saturated carbocycles. The lowest BCUT2D eigenvalue weighted by Crippen LogP contribution is -2.40. The zero-order chi connectivity index (χ0) is 23.8. The van der Waals surface area contributed by atoms with Gasteiger partial charge in [-0.25, -0.2) is 27.5 Å². The Morgan fingerprint density at radius 1 is 0.971 bits per heavy atom. The van der Waals surface area contributed by atoms with E-state index in [0.29, 0.717) is 35.3 Å². The Bertz CT molecular complexity index is 1330. The van der Waals surface area contributed by atoms with E-state index in [9.17, 15) is 22.4 Å². The summed E-state index contributed by atoms with van der Waals surface area (Å²) in [6.45, 7) is 0. The van der Waals surface area contributed by atoms with E-state index in [-0.39, 0.29) is 29.2 Å². The van der Waals surface area contributed by atoms with Gasteiger partial charge in [-0.3, -0.25) is 9.20 Å². The van der Waals surface area contributed by atoms with E-state index in [1.54, 1.807) is 34.7 Å². The molecule has 11 heteroatoms. The van der Waals surface area contributed by atoms with Gasteiger partial charge in [-0.15, -0.1) is 0 Å². The molecule has 5 rings (SSSR count). The molecule has 1 aromatic carbocycles. The third kappa shape index (κ3) is 4.29. The first-order valence-corrected chi connectivity index (χ1v) is 11.0. The summed E-state index contributed by atoms with van der Waals surface area (Å²) in [6, 6.07) is 10.1. The van der Waals surface area contributed by atoms with E-state index >= 15 is 0 Å². The number of aromatic amines is 1. The number of carbonyl (C=O) groups excluding carboxylic acids is 1. The summed E-state index contributed by atoms with van der Waals surface area (Å²) >= 11 is 0. The zero-order valence-electron chi connectivity index (χ0n) is 17.9. The molecular weight excluding hydrogens is 452 g/mol. The molecule has 0 radical (unpaired) electrons. The average Bonchev–Trinajstić information content (AvgIpc) is 3.45. The molecular formula is C23H22F4N6O. The molecule has 0 bridgehead atoms. The minimum atomic E-state index is -2.75. The second-order valence-electron chi connectivity index (χ2n) is 8.39. The van der Waals surface area contributed by atoms with Crippen LogP contribution < -0.4 is 10.6 Å². The SMILES string of the molecule is O=C(N[C@H]1CC[C@@H](Nc2cccc3nc(C(F)F)cn23)CC1)c1cccc2nc(C(F)F)[nH]c12. The average molecular weight is 474 g/mol. The van der Waals surface area contributed by atoms with E-state index in [4.69, 9.17) is 0 Å². The largest absolute Gasteiger partial charge is 0.368 e. The second kappa shape index (κ2) is 8.96. The van der Waals surface area contributed by atoms with Crippen molar-refractivity contribution in [2.45, 2.75) is 50.6 Å². The minimum Gasteiger partial charge on any atom is -0.368 e. The predicted molar refractivity (Wildman–Crippen MR) is 118 cm³/mol. The van der Waals surface area contributed by atoms with Crippen LogP contribution in [0.1, 0.15) is 60.4 Å². The topological polar surface area (TPSA) is 87.1 Å². The second-order valence-corrected chi connectivity index (χ2v) is 8.39. The number of halogens is 4. The van der Waals surface area contributed by atoms with Gasteiger partial charge in [-0.05, 0) is 49.9 Å². The minimum absolute atomic E-state index is 0.0622. The highest BCUT2D eigenvalue weighted by Gasteiger charge is 2.25. The number of amides is 1. The van der Waals surface area contributed by atoms with Crippen molar-refractivity contribution in [3.63, 3.8) is 0 Å². The van der Waals surface area contributed by atoms with Crippen LogP contribution >= 0.6 is 0 Å². The molecule has 0 aliphatic heterocycles. The fourth-order valence-electron chi connectivity index (χ4n) is 4.45. The number of H-pyrrole nitrogens is 1. The fourth-order valence-corrected chi connectivity index (χ4v) is 4.45. The summed E-state index contributed by atoms with van der Waals surface area (Å²) in [5, 5.41) is 6.40. The summed E-state index contributed by atoms with van der Waals surface area (Å²) < 4.78 is 53.6. The number of anilines is 1. The van der Waals surface area contributed by atoms with E-state index in [0.717, 1.165) is 12.8 Å². The van der Waals surface area contributed by atoms with Crippen molar-refractivity contribution in [2.75, 3.05) is 5.32 Å². The molecule has 1 fully saturated rings. The van der Waals surface area contributed by atoms with Crippen LogP contribution in [0.5, 0.6) is 0 Å². The van der Waals surface area contributed by atoms with Gasteiger partial charge in [-0.2, -0.15) is 0 Å². The highest BCUT2D eigenvalue weighted by molar-refractivity contribution is 6.05. The quantitative estimate of drug-likeness (QED) is 0.334. The molecule has 0 atom stereocenters. The smallest absolute Gasteiger partial charge is 0.295 e. The molecule has 3 aromatic heterocycles. The highest BCUT2D eigenvalue weighted by atomic mass is 19.3. The van der Waals surface area contributed by atoms with Gasteiger partial charge in [0.25, 0.3) is 18.8 Å². The van der Waals surface area contributed by atoms with Crippen LogP contribution in [0.4, 0.5) is 23.4 Å². The number of rotatable bonds is 6. The van der Waals surface area contributed by atoms with Crippen LogP contribution in [0, 0.1) is 0 Å². The predicted octanol–water partition coefficient (Wildman–Crippen LogP) is 5.24. The van der Waals surface area contributed by atoms with Crippen molar-refractivity contribution < 1.29 is 22.4 Å². The van der Waals surface area contributed by atoms with Crippen molar-refractivity contribution in [3.05, 3.63) is 59.7 Å². The van der Waals surface area contributed by atoms with Crippen molar-refractivity contribution >= 4 is 28.4 Å². The number of para-hydroxylation sites is 1. The maximum atomic E-state index is 13.0. The molecule has 7 nitrogen and oxygen atoms in total. The third-order valence-electron chi connectivity index (χ3n) is 6.14. The number of benzene rings is 1. The lowest BCUT2D eigenvalue weighted by atomic mass is 9.91. The number of hydrogen-bond acceptors (Lipinski definition) is 4. The first-order chi connectivity index (χ1) is 16.4. The molecule has 34 heavy (non-hydrogen) atoms. The number of nitrogens with zero attached hydrogens (tertiary/aromatic N) is 3. The van der Waals surface area contributed by atoms with E-state index in [1.165, 1.54) is 6.20 Å². The number of imidazole rings is 2. The first-order valence-electron chi connectivity index (χ1n) is 11.0. The van der Waals surface area contributed by atoms with Gasteiger partial charge in [-0.1, -0.05) is 12.1 Å². The number of aromatic nitrogens is 4. The molecule has 1 amide bonds. The first kappa shape index (κ1) is 22.2. The van der Waals surface area contributed by atoms with Gasteiger partial charge in [0, 0.05) is 18.3 Å². The molecule has 1 aliphatic rings. The Balaban J connectivity index is 1.22. The molecule has 0 saturated heterocycles. The van der Waals surface area contributed by atoms with Crippen LogP contribution in [0.2, 0.25) is 0 Å². The summed E-state index contributed by atoms with van der Waals surface area (Å²) in [7, 11) is 0. The zero-order valence-corrected chi connectivity index (χ0v) is 17.9. The number of carbonyl (C=O) groups is 1. The molecule has 1 aliphatic carbocycles. The Morgan fingerprint density at radius 2 is 1.71 bits per heavy atom. The Hall–Kier alpha value is -3.63. The molecule has 3 heterocycles. The number of hydrogen-bond donors (Lipinski definition) is 3. The summed E-state index contributed by atoms with van der Waals surface area (Å²) in [5.74, 6) is -0.116. The van der Waals surface area contributed by atoms with Crippen molar-refractivity contribution in [3.8, 4) is 0 Å². The van der Waals surface area contributed by atoms with Crippen molar-refractivity contribution in [2.24, 2.45) is 0 Å². The fraction of sp³-hybridized carbons (Fsp3) is 0.348. The maximum absolute atomic E-state index is 13.0. The lowest BCUT2D eigenvalue weighted by Gasteiger charge is -2.30. The van der Waals surface area contributed by atoms with Gasteiger partial charge in [0.05, 0.1) is 16.6 Å². The number of fused-ring (bicyclic) bond motifs is 2. The molecule has 178 valence electrons. The van der Waals surface area contributed by atoms with Gasteiger partial charge < -0.3 is 15.6 Å². The van der Waals surface area contributed by atoms with Gasteiger partial charge >= 0.3 is 0 Å². The summed E-state index contributed by atoms with van der Waals surface area (Å²) in [4.78, 5) is 23.2. The van der Waals surface area contributed by atoms with E-state index in [2.05, 4.69) is 25.6 Å². The van der Waals surface area contributed by atoms with Gasteiger partial charge in [0.1, 0.15) is 17.2 Å². The Kier molecular flexibility index (Phi) is 5.84. The third-order valence-corrected chi connectivity index (χ3v) is 6.14. The standard InChI is InChI=1S/C23H22F4N6O/c24-20(25)16-11-33-17(5-2-6-18(33)30-16)28-12-7-9-13(10-8-12)29-23(34)14-3-1-4-15-19(14)32-22(31-15)21(26)27/h1-6,11-13,20-21,28H,7-10H2,(H,29,34)(H,31,32)/t12-,13+. The summed E-state index contributed by atoms with van der Waals surface area (Å²) in [6.07, 6.45) is -1.09. The van der Waals surface area contributed by atoms with Crippen LogP contribution in [0.15, 0.2) is 42.6 Å². The normalized spacial score (nSPS) is 18.8. The van der Waals surface area contributed by atoms with Gasteiger partial charge in [0.2, 0.25) is 0 Å². The van der Waals surface area contributed by atoms with Crippen LogP contribution in [-0.2, 0) is 0 Å². The molecule has 3 N–H and O–H groups in total. The number of nitrogens with one attached hydrogen (secondary N) is 3. The highest BCUT2D eigenvalue weighted by Crippen LogP contribution is 2.26. The molecule has 0 unspecified atom stereocenters. The lowest BCUT2D eigenvalue weighted by molar-refractivity contribution is 0.0927. The van der Waals surface area contributed by atoms with E-state index < -0.39 is 18.7 Å². The Morgan fingerprint density at radius 3 is 2.44 bits per heavy atom. The van der Waals surface area contributed by atoms with Crippen molar-refractivity contribution in [1.82, 2.24) is 24.7 Å². The van der Waals surface area contributed by atoms with Crippen LogP contribution in [-0.4, -0.2) is 37.3 Å². The van der Waals surface area contributed by atoms with E-state index in [1.807, 2.05) is 6.07 Å². The number of alkyl halides is 4. The van der Waals surface area contributed by atoms with Crippen LogP contribution in [0.3, 0.4) is 0 Å².